The lowest BCUT2D eigenvalue weighted by Gasteiger charge is -2.41. The van der Waals surface area contributed by atoms with E-state index in [0.29, 0.717) is 22.6 Å². The van der Waals surface area contributed by atoms with E-state index in [1.165, 1.54) is 22.5 Å². The van der Waals surface area contributed by atoms with E-state index >= 15 is 0 Å². The normalized spacial score (nSPS) is 16.8. The van der Waals surface area contributed by atoms with Crippen LogP contribution in [0.25, 0.3) is 21.9 Å². The minimum atomic E-state index is -0.493. The minimum absolute atomic E-state index is 0.0335. The topological polar surface area (TPSA) is 85.4 Å². The molecule has 7 nitrogen and oxygen atoms in total. The van der Waals surface area contributed by atoms with E-state index in [0.717, 1.165) is 42.6 Å². The molecule has 3 aromatic carbocycles. The van der Waals surface area contributed by atoms with Crippen LogP contribution in [-0.4, -0.2) is 48.9 Å². The van der Waals surface area contributed by atoms with Crippen LogP contribution in [0.5, 0.6) is 11.5 Å². The average Bonchev–Trinajstić information content (AvgIpc) is 3.00. The van der Waals surface area contributed by atoms with Gasteiger partial charge in [-0.3, -0.25) is 4.79 Å². The molecule has 1 aliphatic rings. The molecule has 0 aliphatic carbocycles. The zero-order valence-corrected chi connectivity index (χ0v) is 23.4. The molecule has 0 spiro atoms. The van der Waals surface area contributed by atoms with Gasteiger partial charge in [-0.15, -0.1) is 0 Å². The van der Waals surface area contributed by atoms with Gasteiger partial charge in [0.25, 0.3) is 0 Å². The molecule has 1 amide bonds. The van der Waals surface area contributed by atoms with Crippen LogP contribution in [-0.2, 0) is 10.3 Å². The Morgan fingerprint density at radius 3 is 2.49 bits per heavy atom. The van der Waals surface area contributed by atoms with Gasteiger partial charge in [0.05, 0.1) is 25.5 Å². The number of ether oxygens (including phenoxy) is 2. The summed E-state index contributed by atoms with van der Waals surface area (Å²) in [6.45, 7) is 4.05. The monoisotopic (exact) mass is 542 g/mol. The zero-order chi connectivity index (χ0) is 27.2. The fourth-order valence-electron chi connectivity index (χ4n) is 5.28. The number of carbonyl (C=O) groups is 1. The van der Waals surface area contributed by atoms with Gasteiger partial charge in [-0.2, -0.15) is 0 Å². The summed E-state index contributed by atoms with van der Waals surface area (Å²) < 4.78 is 10.7. The van der Waals surface area contributed by atoms with Crippen LogP contribution in [0, 0.1) is 5.92 Å². The number of aromatic nitrogens is 2. The summed E-state index contributed by atoms with van der Waals surface area (Å²) in [5.74, 6) is 1.80. The van der Waals surface area contributed by atoms with Crippen molar-refractivity contribution in [2.75, 3.05) is 33.1 Å². The second-order valence-corrected chi connectivity index (χ2v) is 10.9. The Labute approximate surface area is 233 Å². The number of nitrogens with one attached hydrogen (secondary N) is 2. The van der Waals surface area contributed by atoms with Gasteiger partial charge >= 0.3 is 0 Å². The number of methoxy groups -OCH3 is 2. The Morgan fingerprint density at radius 2 is 1.77 bits per heavy atom. The van der Waals surface area contributed by atoms with Crippen molar-refractivity contribution in [1.82, 2.24) is 20.6 Å². The maximum atomic E-state index is 13.3. The molecule has 5 rings (SSSR count). The summed E-state index contributed by atoms with van der Waals surface area (Å²) >= 11 is 1.34. The molecule has 2 unspecified atom stereocenters. The van der Waals surface area contributed by atoms with E-state index < -0.39 is 5.54 Å². The summed E-state index contributed by atoms with van der Waals surface area (Å²) in [5.41, 5.74) is 2.42. The lowest BCUT2D eigenvalue weighted by molar-refractivity contribution is -0.121. The highest BCUT2D eigenvalue weighted by atomic mass is 32.2. The van der Waals surface area contributed by atoms with Crippen LogP contribution in [0.1, 0.15) is 25.3 Å². The fraction of sp³-hybridized carbons (Fsp3) is 0.323. The van der Waals surface area contributed by atoms with Crippen molar-refractivity contribution < 1.29 is 14.3 Å². The standard InChI is InChI=1S/C31H34N4O3S/c1-31(26-9-6-14-32-19-26,25-12-10-21-7-4-5-8-22(21)15-25)35-29(36)20-39-30-33-17-24(18-34-30)23-11-13-27(37-2)28(16-23)38-3/h4-5,7-8,10-13,15-18,26,32H,6,9,14,19-20H2,1-3H3,(H,35,36). The summed E-state index contributed by atoms with van der Waals surface area (Å²) in [7, 11) is 3.22. The number of rotatable bonds is 9. The predicted octanol–water partition coefficient (Wildman–Crippen LogP) is 5.44. The predicted molar refractivity (Wildman–Crippen MR) is 156 cm³/mol. The highest BCUT2D eigenvalue weighted by molar-refractivity contribution is 7.99. The maximum absolute atomic E-state index is 13.3. The number of piperidine rings is 1. The van der Waals surface area contributed by atoms with E-state index in [1.807, 2.05) is 24.3 Å². The summed E-state index contributed by atoms with van der Waals surface area (Å²) in [6.07, 6.45) is 5.69. The Kier molecular flexibility index (Phi) is 8.33. The van der Waals surface area contributed by atoms with Gasteiger partial charge in [-0.1, -0.05) is 54.2 Å². The van der Waals surface area contributed by atoms with Crippen molar-refractivity contribution in [2.45, 2.75) is 30.5 Å². The minimum Gasteiger partial charge on any atom is -0.493 e. The first-order chi connectivity index (χ1) is 19.0. The Bertz CT molecular complexity index is 1440. The molecule has 0 radical (unpaired) electrons. The SMILES string of the molecule is COc1ccc(-c2cnc(SCC(=O)NC(C)(c3ccc4ccccc4c3)C3CCCNC3)nc2)cc1OC. The number of thioether (sulfide) groups is 1. The Balaban J connectivity index is 1.29. The molecular weight excluding hydrogens is 508 g/mol. The smallest absolute Gasteiger partial charge is 0.231 e. The second-order valence-electron chi connectivity index (χ2n) is 9.97. The quantitative estimate of drug-likeness (QED) is 0.215. The number of nitrogens with zero attached hydrogens (tertiary/aromatic N) is 2. The van der Waals surface area contributed by atoms with Gasteiger partial charge in [0, 0.05) is 24.5 Å². The first-order valence-electron chi connectivity index (χ1n) is 13.2. The first kappa shape index (κ1) is 27.0. The number of benzene rings is 3. The highest BCUT2D eigenvalue weighted by Crippen LogP contribution is 2.36. The van der Waals surface area contributed by atoms with Gasteiger partial charge in [0.2, 0.25) is 5.91 Å². The van der Waals surface area contributed by atoms with Crippen LogP contribution in [0.3, 0.4) is 0 Å². The summed E-state index contributed by atoms with van der Waals surface area (Å²) in [5, 5.41) is 9.84. The third-order valence-electron chi connectivity index (χ3n) is 7.54. The van der Waals surface area contributed by atoms with E-state index in [2.05, 4.69) is 63.9 Å². The molecule has 4 aromatic rings. The van der Waals surface area contributed by atoms with Gasteiger partial charge < -0.3 is 20.1 Å². The molecule has 2 N–H and O–H groups in total. The fourth-order valence-corrected chi connectivity index (χ4v) is 5.87. The van der Waals surface area contributed by atoms with E-state index in [1.54, 1.807) is 26.6 Å². The van der Waals surface area contributed by atoms with E-state index in [4.69, 9.17) is 9.47 Å². The average molecular weight is 543 g/mol. The second kappa shape index (κ2) is 12.1. The van der Waals surface area contributed by atoms with Crippen molar-refractivity contribution in [2.24, 2.45) is 5.92 Å². The molecule has 1 fully saturated rings. The number of hydrogen-bond acceptors (Lipinski definition) is 7. The van der Waals surface area contributed by atoms with Crippen LogP contribution in [0.4, 0.5) is 0 Å². The van der Waals surface area contributed by atoms with Crippen molar-refractivity contribution in [3.05, 3.63) is 78.6 Å². The molecule has 8 heteroatoms. The molecule has 1 saturated heterocycles. The summed E-state index contributed by atoms with van der Waals surface area (Å²) in [4.78, 5) is 22.3. The number of amides is 1. The zero-order valence-electron chi connectivity index (χ0n) is 22.6. The van der Waals surface area contributed by atoms with Crippen molar-refractivity contribution in [3.8, 4) is 22.6 Å². The molecular formula is C31H34N4O3S. The summed E-state index contributed by atoms with van der Waals surface area (Å²) in [6, 6.07) is 20.5. The number of carbonyl (C=O) groups excluding carboxylic acids is 1. The van der Waals surface area contributed by atoms with Crippen molar-refractivity contribution in [1.29, 1.82) is 0 Å². The molecule has 2 atom stereocenters. The van der Waals surface area contributed by atoms with Crippen molar-refractivity contribution >= 4 is 28.4 Å². The molecule has 0 saturated carbocycles. The number of fused-ring (bicyclic) bond motifs is 1. The highest BCUT2D eigenvalue weighted by Gasteiger charge is 2.38. The third-order valence-corrected chi connectivity index (χ3v) is 8.41. The van der Waals surface area contributed by atoms with Crippen LogP contribution in [0.15, 0.2) is 78.2 Å². The number of hydrogen-bond donors (Lipinski definition) is 2. The molecule has 39 heavy (non-hydrogen) atoms. The molecule has 2 heterocycles. The largest absolute Gasteiger partial charge is 0.493 e. The lowest BCUT2D eigenvalue weighted by atomic mass is 9.75. The third kappa shape index (κ3) is 6.02. The Morgan fingerprint density at radius 1 is 1.00 bits per heavy atom. The van der Waals surface area contributed by atoms with Gasteiger partial charge in [0.1, 0.15) is 0 Å². The maximum Gasteiger partial charge on any atom is 0.231 e. The lowest BCUT2D eigenvalue weighted by Crippen LogP contribution is -2.53. The van der Waals surface area contributed by atoms with Crippen LogP contribution < -0.4 is 20.1 Å². The molecule has 1 aromatic heterocycles. The van der Waals surface area contributed by atoms with E-state index in [-0.39, 0.29) is 11.7 Å². The molecule has 1 aliphatic heterocycles. The molecule has 0 bridgehead atoms. The van der Waals surface area contributed by atoms with E-state index in [9.17, 15) is 4.79 Å². The molecule has 202 valence electrons. The Hall–Kier alpha value is -3.62. The van der Waals surface area contributed by atoms with Crippen LogP contribution in [0.2, 0.25) is 0 Å². The van der Waals surface area contributed by atoms with Crippen LogP contribution >= 0.6 is 11.8 Å². The van der Waals surface area contributed by atoms with Crippen molar-refractivity contribution in [3.63, 3.8) is 0 Å². The first-order valence-corrected chi connectivity index (χ1v) is 14.2. The van der Waals surface area contributed by atoms with Gasteiger partial charge in [0.15, 0.2) is 16.7 Å². The van der Waals surface area contributed by atoms with Gasteiger partial charge in [-0.25, -0.2) is 9.97 Å². The van der Waals surface area contributed by atoms with Gasteiger partial charge in [-0.05, 0) is 72.3 Å².